The van der Waals surface area contributed by atoms with E-state index in [1.54, 1.807) is 12.1 Å². The molecule has 0 aromatic heterocycles. The van der Waals surface area contributed by atoms with Gasteiger partial charge in [0, 0.05) is 11.6 Å². The van der Waals surface area contributed by atoms with E-state index in [-0.39, 0.29) is 18.2 Å². The summed E-state index contributed by atoms with van der Waals surface area (Å²) in [6.45, 7) is 11.9. The number of sulfonamides is 1. The Hall–Kier alpha value is -0.880. The number of benzene rings is 1. The quantitative estimate of drug-likeness (QED) is 0.712. The first kappa shape index (κ1) is 22.1. The summed E-state index contributed by atoms with van der Waals surface area (Å²) in [5.74, 6) is -3.28. The lowest BCUT2D eigenvalue weighted by atomic mass is 10.0. The van der Waals surface area contributed by atoms with Crippen molar-refractivity contribution in [1.29, 1.82) is 0 Å². The number of hydrogen-bond acceptors (Lipinski definition) is 2. The Morgan fingerprint density at radius 1 is 1.13 bits per heavy atom. The molecule has 0 bridgehead atoms. The normalized spacial score (nSPS) is 13.3. The summed E-state index contributed by atoms with van der Waals surface area (Å²) in [5.41, 5.74) is 1.74. The van der Waals surface area contributed by atoms with Gasteiger partial charge < -0.3 is 0 Å². The second kappa shape index (κ2) is 9.42. The van der Waals surface area contributed by atoms with Gasteiger partial charge >= 0.3 is 5.76 Å². The summed E-state index contributed by atoms with van der Waals surface area (Å²) < 4.78 is 49.3. The molecule has 0 atom stereocenters. The van der Waals surface area contributed by atoms with E-state index in [2.05, 4.69) is 0 Å². The predicted octanol–water partition coefficient (Wildman–Crippen LogP) is 5.43. The molecule has 134 valence electrons. The van der Waals surface area contributed by atoms with Crippen LogP contribution in [0, 0.1) is 0 Å². The number of fused-ring (bicyclic) bond motifs is 1. The molecule has 0 N–H and O–H groups in total. The van der Waals surface area contributed by atoms with Crippen molar-refractivity contribution in [3.63, 3.8) is 0 Å². The zero-order chi connectivity index (χ0) is 18.4. The lowest BCUT2D eigenvalue weighted by Gasteiger charge is -2.20. The van der Waals surface area contributed by atoms with Gasteiger partial charge in [-0.25, -0.2) is 8.42 Å². The fourth-order valence-electron chi connectivity index (χ4n) is 2.14. The Morgan fingerprint density at radius 2 is 1.65 bits per heavy atom. The zero-order valence-electron chi connectivity index (χ0n) is 14.5. The smallest absolute Gasteiger partial charge is 0.265 e. The number of halogens is 3. The van der Waals surface area contributed by atoms with Crippen LogP contribution in [0.5, 0.6) is 0 Å². The van der Waals surface area contributed by atoms with Crippen LogP contribution in [-0.2, 0) is 16.4 Å². The highest BCUT2D eigenvalue weighted by Gasteiger charge is 2.37. The molecule has 1 heterocycles. The molecule has 0 saturated heterocycles. The molecule has 0 aliphatic carbocycles. The monoisotopic (exact) mass is 369 g/mol. The van der Waals surface area contributed by atoms with Gasteiger partial charge in [0.05, 0.1) is 5.69 Å². The Labute approximate surface area is 143 Å². The van der Waals surface area contributed by atoms with Crippen molar-refractivity contribution < 1.29 is 17.2 Å². The van der Waals surface area contributed by atoms with Crippen molar-refractivity contribution in [1.82, 2.24) is 0 Å². The van der Waals surface area contributed by atoms with Crippen LogP contribution in [0.1, 0.15) is 58.6 Å². The topological polar surface area (TPSA) is 37.4 Å². The number of rotatable bonds is 3. The fourth-order valence-corrected chi connectivity index (χ4v) is 3.43. The van der Waals surface area contributed by atoms with Crippen LogP contribution in [0.25, 0.3) is 0 Å². The van der Waals surface area contributed by atoms with Gasteiger partial charge in [-0.15, -0.1) is 0 Å². The van der Waals surface area contributed by atoms with E-state index in [1.807, 2.05) is 41.5 Å². The first-order valence-electron chi connectivity index (χ1n) is 7.87. The van der Waals surface area contributed by atoms with Crippen LogP contribution in [0.2, 0.25) is 5.02 Å². The lowest BCUT2D eigenvalue weighted by molar-refractivity contribution is 0.234. The largest absolute Gasteiger partial charge is 0.355 e. The minimum atomic E-state index is -4.61. The molecule has 0 amide bonds. The average Bonchev–Trinajstić information content (AvgIpc) is 2.96. The molecule has 0 radical (unpaired) electrons. The Kier molecular flexibility index (Phi) is 9.06. The third kappa shape index (κ3) is 4.80. The second-order valence-corrected chi connectivity index (χ2v) is 7.02. The maximum Gasteiger partial charge on any atom is 0.355 e. The Morgan fingerprint density at radius 3 is 2.09 bits per heavy atom. The van der Waals surface area contributed by atoms with E-state index in [9.17, 15) is 17.2 Å². The molecule has 1 aromatic rings. The summed E-state index contributed by atoms with van der Waals surface area (Å²) in [6.07, 6.45) is 0.360. The van der Waals surface area contributed by atoms with Crippen LogP contribution in [0.3, 0.4) is 0 Å². The number of anilines is 1. The van der Waals surface area contributed by atoms with Gasteiger partial charge in [0.15, 0.2) is 0 Å². The van der Waals surface area contributed by atoms with Crippen LogP contribution >= 0.6 is 11.6 Å². The van der Waals surface area contributed by atoms with Crippen molar-refractivity contribution in [3.8, 4) is 0 Å². The van der Waals surface area contributed by atoms with Crippen LogP contribution < -0.4 is 4.31 Å². The zero-order valence-corrected chi connectivity index (χ0v) is 16.1. The van der Waals surface area contributed by atoms with Gasteiger partial charge in [-0.05, 0) is 35.6 Å². The van der Waals surface area contributed by atoms with Crippen LogP contribution in [0.15, 0.2) is 12.1 Å². The minimum absolute atomic E-state index is 0.0171. The van der Waals surface area contributed by atoms with Crippen LogP contribution in [0.4, 0.5) is 14.5 Å². The number of hydrogen-bond donors (Lipinski definition) is 0. The highest BCUT2D eigenvalue weighted by molar-refractivity contribution is 7.93. The van der Waals surface area contributed by atoms with Crippen molar-refractivity contribution in [2.24, 2.45) is 0 Å². The highest BCUT2D eigenvalue weighted by Crippen LogP contribution is 2.39. The highest BCUT2D eigenvalue weighted by atomic mass is 35.5. The standard InChI is InChI=1S/C12H14ClF2NO2S.2C2H6/c1-7(2)8-5-10(13)9-3-4-16(11(9)6-8)19(17,18)12(14)15;2*1-2/h5-7,12H,3-4H2,1-2H3;2*1-2H3. The first-order chi connectivity index (χ1) is 10.7. The van der Waals surface area contributed by atoms with Gasteiger partial charge in [0.2, 0.25) is 0 Å². The summed E-state index contributed by atoms with van der Waals surface area (Å²) in [6, 6.07) is 3.41. The molecule has 7 heteroatoms. The summed E-state index contributed by atoms with van der Waals surface area (Å²) >= 11 is 6.10. The molecular formula is C16H26ClF2NO2S. The van der Waals surface area contributed by atoms with Crippen molar-refractivity contribution in [3.05, 3.63) is 28.3 Å². The molecule has 0 unspecified atom stereocenters. The molecule has 1 aromatic carbocycles. The Balaban J connectivity index is 0.00000112. The fraction of sp³-hybridized carbons (Fsp3) is 0.625. The second-order valence-electron chi connectivity index (χ2n) is 4.78. The predicted molar refractivity (Wildman–Crippen MR) is 94.2 cm³/mol. The van der Waals surface area contributed by atoms with E-state index < -0.39 is 15.8 Å². The first-order valence-corrected chi connectivity index (χ1v) is 9.75. The Bertz CT molecular complexity index is 604. The maximum atomic E-state index is 12.7. The molecule has 0 fully saturated rings. The molecule has 2 rings (SSSR count). The summed E-state index contributed by atoms with van der Waals surface area (Å²) in [7, 11) is -4.61. The number of alkyl halides is 2. The molecule has 23 heavy (non-hydrogen) atoms. The third-order valence-corrected chi connectivity index (χ3v) is 5.01. The van der Waals surface area contributed by atoms with E-state index in [4.69, 9.17) is 11.6 Å². The van der Waals surface area contributed by atoms with E-state index >= 15 is 0 Å². The molecular weight excluding hydrogens is 344 g/mol. The van der Waals surface area contributed by atoms with Crippen molar-refractivity contribution >= 4 is 27.3 Å². The minimum Gasteiger partial charge on any atom is -0.265 e. The van der Waals surface area contributed by atoms with Crippen LogP contribution in [-0.4, -0.2) is 20.7 Å². The summed E-state index contributed by atoms with van der Waals surface area (Å²) in [5, 5.41) is 0.438. The molecule has 0 saturated carbocycles. The van der Waals surface area contributed by atoms with E-state index in [0.717, 1.165) is 9.87 Å². The molecule has 0 spiro atoms. The van der Waals surface area contributed by atoms with Gasteiger partial charge in [-0.3, -0.25) is 4.31 Å². The van der Waals surface area contributed by atoms with E-state index in [0.29, 0.717) is 17.0 Å². The van der Waals surface area contributed by atoms with Crippen molar-refractivity contribution in [2.45, 2.75) is 59.6 Å². The number of nitrogens with zero attached hydrogens (tertiary/aromatic N) is 1. The lowest BCUT2D eigenvalue weighted by Crippen LogP contribution is -2.33. The van der Waals surface area contributed by atoms with E-state index in [1.165, 1.54) is 0 Å². The third-order valence-electron chi connectivity index (χ3n) is 3.23. The maximum absolute atomic E-state index is 12.7. The van der Waals surface area contributed by atoms with Crippen molar-refractivity contribution in [2.75, 3.05) is 10.8 Å². The van der Waals surface area contributed by atoms with Gasteiger partial charge in [0.25, 0.3) is 10.0 Å². The SMILES string of the molecule is CC.CC.CC(C)c1cc(Cl)c2c(c1)N(S(=O)(=O)C(F)F)CC2. The molecule has 1 aliphatic heterocycles. The van der Waals surface area contributed by atoms with Gasteiger partial charge in [-0.1, -0.05) is 53.1 Å². The summed E-state index contributed by atoms with van der Waals surface area (Å²) in [4.78, 5) is 0. The average molecular weight is 370 g/mol. The van der Waals surface area contributed by atoms with Gasteiger partial charge in [0.1, 0.15) is 0 Å². The molecule has 1 aliphatic rings. The van der Waals surface area contributed by atoms with Gasteiger partial charge in [-0.2, -0.15) is 8.78 Å². The molecule has 3 nitrogen and oxygen atoms in total.